The summed E-state index contributed by atoms with van der Waals surface area (Å²) in [5.41, 5.74) is 2.08. The Bertz CT molecular complexity index is 444. The van der Waals surface area contributed by atoms with Crippen molar-refractivity contribution < 1.29 is 14.6 Å². The normalized spacial score (nSPS) is 13.6. The van der Waals surface area contributed by atoms with Crippen LogP contribution >= 0.6 is 11.6 Å². The Labute approximate surface area is 131 Å². The summed E-state index contributed by atoms with van der Waals surface area (Å²) in [7, 11) is 5.09. The van der Waals surface area contributed by atoms with Crippen LogP contribution in [0.5, 0.6) is 0 Å². The molecule has 5 nitrogen and oxygen atoms in total. The number of nitrogens with zero attached hydrogens (tertiary/aromatic N) is 2. The maximum absolute atomic E-state index is 9.77. The average Bonchev–Trinajstić information content (AvgIpc) is 3.24. The minimum atomic E-state index is 0.115. The summed E-state index contributed by atoms with van der Waals surface area (Å²) in [6.07, 6.45) is 3.29. The maximum atomic E-state index is 9.77. The van der Waals surface area contributed by atoms with Gasteiger partial charge in [-0.25, -0.2) is 4.98 Å². The highest BCUT2D eigenvalue weighted by Gasteiger charge is 2.25. The molecule has 1 aromatic heterocycles. The first kappa shape index (κ1) is 18.1. The van der Waals surface area contributed by atoms with E-state index in [4.69, 9.17) is 21.4 Å². The van der Waals surface area contributed by atoms with E-state index in [-0.39, 0.29) is 6.61 Å². The molecule has 7 heteroatoms. The number of carbonyl (C=O) groups excluding carboxylic acids is 1. The topological polar surface area (TPSA) is 62.7 Å². The van der Waals surface area contributed by atoms with Gasteiger partial charge in [-0.2, -0.15) is 0 Å². The molecular weight excluding hydrogens is 290 g/mol. The molecule has 0 amide bonds. The molecule has 0 aromatic carbocycles. The number of aliphatic hydroxyl groups excluding tert-OH is 1. The predicted molar refractivity (Wildman–Crippen MR) is 84.3 cm³/mol. The third-order valence-electron chi connectivity index (χ3n) is 2.95. The summed E-state index contributed by atoms with van der Waals surface area (Å²) >= 11 is 5.87. The number of aromatic nitrogens is 1. The summed E-state index contributed by atoms with van der Waals surface area (Å²) < 4.78 is 4.93. The van der Waals surface area contributed by atoms with E-state index < -0.39 is 0 Å². The average molecular weight is 312 g/mol. The van der Waals surface area contributed by atoms with Crippen LogP contribution in [-0.2, 0) is 9.45 Å². The SMILES string of the molecule is CN(CC=O)CCO.CO[B]c1cc(Cl)nc(C2CC2)c1. The molecule has 1 heterocycles. The summed E-state index contributed by atoms with van der Waals surface area (Å²) in [5.74, 6) is 0.628. The molecule has 0 aliphatic heterocycles. The van der Waals surface area contributed by atoms with Crippen LogP contribution < -0.4 is 5.46 Å². The van der Waals surface area contributed by atoms with Crippen molar-refractivity contribution >= 4 is 30.8 Å². The van der Waals surface area contributed by atoms with Crippen LogP contribution in [0.1, 0.15) is 24.5 Å². The fourth-order valence-electron chi connectivity index (χ4n) is 1.72. The Hall–Kier alpha value is -0.945. The predicted octanol–water partition coefficient (Wildman–Crippen LogP) is 0.613. The Morgan fingerprint density at radius 2 is 2.29 bits per heavy atom. The first-order valence-electron chi connectivity index (χ1n) is 6.87. The second-order valence-electron chi connectivity index (χ2n) is 4.93. The Morgan fingerprint density at radius 3 is 2.81 bits per heavy atom. The molecule has 1 aliphatic rings. The van der Waals surface area contributed by atoms with Crippen LogP contribution in [0.25, 0.3) is 0 Å². The number of pyridine rings is 1. The number of hydrogen-bond acceptors (Lipinski definition) is 5. The van der Waals surface area contributed by atoms with Gasteiger partial charge in [0.1, 0.15) is 11.4 Å². The van der Waals surface area contributed by atoms with Crippen molar-refractivity contribution in [1.82, 2.24) is 9.88 Å². The van der Waals surface area contributed by atoms with Crippen LogP contribution in [0.4, 0.5) is 0 Å². The van der Waals surface area contributed by atoms with Crippen molar-refractivity contribution in [3.63, 3.8) is 0 Å². The highest BCUT2D eigenvalue weighted by molar-refractivity contribution is 6.47. The zero-order valence-corrected chi connectivity index (χ0v) is 13.2. The monoisotopic (exact) mass is 311 g/mol. The lowest BCUT2D eigenvalue weighted by Gasteiger charge is -2.08. The zero-order valence-electron chi connectivity index (χ0n) is 12.5. The van der Waals surface area contributed by atoms with E-state index in [0.717, 1.165) is 17.4 Å². The lowest BCUT2D eigenvalue weighted by molar-refractivity contribution is -0.108. The Kier molecular flexibility index (Phi) is 8.53. The minimum Gasteiger partial charge on any atom is -0.437 e. The van der Waals surface area contributed by atoms with Crippen molar-refractivity contribution in [3.8, 4) is 0 Å². The van der Waals surface area contributed by atoms with Crippen LogP contribution in [0.2, 0.25) is 5.15 Å². The fourth-order valence-corrected chi connectivity index (χ4v) is 1.94. The lowest BCUT2D eigenvalue weighted by atomic mass is 9.88. The summed E-state index contributed by atoms with van der Waals surface area (Å²) in [5, 5.41) is 8.85. The summed E-state index contributed by atoms with van der Waals surface area (Å²) in [4.78, 5) is 15.8. The van der Waals surface area contributed by atoms with E-state index in [1.54, 1.807) is 32.6 Å². The largest absolute Gasteiger partial charge is 0.437 e. The zero-order chi connectivity index (χ0) is 15.7. The third-order valence-corrected chi connectivity index (χ3v) is 3.15. The van der Waals surface area contributed by atoms with Gasteiger partial charge in [-0.15, -0.1) is 0 Å². The molecule has 0 unspecified atom stereocenters. The van der Waals surface area contributed by atoms with Crippen molar-refractivity contribution in [3.05, 3.63) is 23.0 Å². The molecule has 1 saturated carbocycles. The molecule has 115 valence electrons. The van der Waals surface area contributed by atoms with Gasteiger partial charge in [0.25, 0.3) is 0 Å². The maximum Gasteiger partial charge on any atom is 0.329 e. The van der Waals surface area contributed by atoms with Crippen LogP contribution in [-0.4, -0.2) is 62.6 Å². The second-order valence-corrected chi connectivity index (χ2v) is 5.32. The molecule has 0 atom stereocenters. The van der Waals surface area contributed by atoms with Crippen molar-refractivity contribution in [2.45, 2.75) is 18.8 Å². The van der Waals surface area contributed by atoms with Crippen molar-refractivity contribution in [2.24, 2.45) is 0 Å². The molecule has 0 spiro atoms. The molecule has 1 fully saturated rings. The minimum absolute atomic E-state index is 0.115. The number of rotatable bonds is 7. The number of aliphatic hydroxyl groups is 1. The quantitative estimate of drug-likeness (QED) is 0.454. The van der Waals surface area contributed by atoms with E-state index in [0.29, 0.717) is 24.2 Å². The molecule has 0 bridgehead atoms. The van der Waals surface area contributed by atoms with Crippen LogP contribution in [0, 0.1) is 0 Å². The summed E-state index contributed by atoms with van der Waals surface area (Å²) in [6.45, 7) is 1.09. The third kappa shape index (κ3) is 7.57. The number of aldehydes is 1. The number of carbonyl (C=O) groups is 1. The highest BCUT2D eigenvalue weighted by atomic mass is 35.5. The van der Waals surface area contributed by atoms with Crippen LogP contribution in [0.15, 0.2) is 12.1 Å². The molecule has 1 aliphatic carbocycles. The standard InChI is InChI=1S/C9H10BClNO.C5H11NO2/c1-13-10-7-4-8(6-2-3-6)12-9(11)5-7;1-6(2-4-7)3-5-8/h4-6H,2-3H2,1H3;4,8H,2-3,5H2,1H3. The number of hydrogen-bond donors (Lipinski definition) is 1. The second kappa shape index (κ2) is 9.89. The smallest absolute Gasteiger partial charge is 0.329 e. The van der Waals surface area contributed by atoms with Gasteiger partial charge >= 0.3 is 7.48 Å². The fraction of sp³-hybridized carbons (Fsp3) is 0.571. The Balaban J connectivity index is 0.000000240. The van der Waals surface area contributed by atoms with Gasteiger partial charge in [-0.05, 0) is 37.5 Å². The highest BCUT2D eigenvalue weighted by Crippen LogP contribution is 2.38. The van der Waals surface area contributed by atoms with E-state index in [1.807, 2.05) is 6.07 Å². The van der Waals surface area contributed by atoms with E-state index >= 15 is 0 Å². The van der Waals surface area contributed by atoms with Gasteiger partial charge in [-0.3, -0.25) is 4.90 Å². The number of halogens is 1. The van der Waals surface area contributed by atoms with Gasteiger partial charge in [0, 0.05) is 25.3 Å². The summed E-state index contributed by atoms with van der Waals surface area (Å²) in [6, 6.07) is 3.84. The van der Waals surface area contributed by atoms with E-state index in [2.05, 4.69) is 4.98 Å². The van der Waals surface area contributed by atoms with E-state index in [9.17, 15) is 4.79 Å². The van der Waals surface area contributed by atoms with E-state index in [1.165, 1.54) is 12.8 Å². The molecule has 1 radical (unpaired) electrons. The van der Waals surface area contributed by atoms with Gasteiger partial charge in [-0.1, -0.05) is 11.6 Å². The molecule has 2 rings (SSSR count). The van der Waals surface area contributed by atoms with Crippen LogP contribution in [0.3, 0.4) is 0 Å². The van der Waals surface area contributed by atoms with Gasteiger partial charge in [0.2, 0.25) is 0 Å². The first-order chi connectivity index (χ1) is 10.1. The molecule has 21 heavy (non-hydrogen) atoms. The molecule has 0 saturated heterocycles. The van der Waals surface area contributed by atoms with Gasteiger partial charge in [0.15, 0.2) is 0 Å². The molecule has 1 aromatic rings. The lowest BCUT2D eigenvalue weighted by Crippen LogP contribution is -2.23. The van der Waals surface area contributed by atoms with Crippen molar-refractivity contribution in [1.29, 1.82) is 0 Å². The van der Waals surface area contributed by atoms with Gasteiger partial charge in [0.05, 0.1) is 13.2 Å². The molecular formula is C14H21BClN2O3. The van der Waals surface area contributed by atoms with Crippen molar-refractivity contribution in [2.75, 3.05) is 33.9 Å². The first-order valence-corrected chi connectivity index (χ1v) is 7.25. The molecule has 1 N–H and O–H groups in total. The number of likely N-dealkylation sites (N-methyl/N-ethyl adjacent to an activating group) is 1. The Morgan fingerprint density at radius 1 is 1.57 bits per heavy atom. The van der Waals surface area contributed by atoms with Gasteiger partial charge < -0.3 is 14.6 Å².